The lowest BCUT2D eigenvalue weighted by molar-refractivity contribution is -0.119. The largest absolute Gasteiger partial charge is 0.368 e. The summed E-state index contributed by atoms with van der Waals surface area (Å²) in [5.41, 5.74) is 6.13. The van der Waals surface area contributed by atoms with Gasteiger partial charge in [-0.1, -0.05) is 13.8 Å². The molecule has 5 nitrogen and oxygen atoms in total. The number of primary amides is 1. The first kappa shape index (κ1) is 11.4. The Morgan fingerprint density at radius 3 is 2.60 bits per heavy atom. The fraction of sp³-hybridized carbons (Fsp3) is 0.500. The molecule has 0 radical (unpaired) electrons. The van der Waals surface area contributed by atoms with Gasteiger partial charge < -0.3 is 11.1 Å². The number of carbonyl (C=O) groups excluding carboxylic acids is 1. The maximum Gasteiger partial charge on any atom is 0.240 e. The maximum absolute atomic E-state index is 11.1. The second kappa shape index (κ2) is 4.72. The van der Waals surface area contributed by atoms with Crippen molar-refractivity contribution in [1.29, 1.82) is 0 Å². The summed E-state index contributed by atoms with van der Waals surface area (Å²) < 4.78 is 0. The molecule has 1 aromatic heterocycles. The summed E-state index contributed by atoms with van der Waals surface area (Å²) in [5, 5.41) is 2.99. The van der Waals surface area contributed by atoms with E-state index in [2.05, 4.69) is 15.3 Å². The summed E-state index contributed by atoms with van der Waals surface area (Å²) in [6, 6.07) is 1.37. The van der Waals surface area contributed by atoms with Gasteiger partial charge >= 0.3 is 0 Å². The second-order valence-corrected chi connectivity index (χ2v) is 3.81. The zero-order valence-electron chi connectivity index (χ0n) is 9.19. The van der Waals surface area contributed by atoms with Gasteiger partial charge in [-0.2, -0.15) is 0 Å². The first-order valence-corrected chi connectivity index (χ1v) is 4.85. The van der Waals surface area contributed by atoms with Crippen LogP contribution in [0.3, 0.4) is 0 Å². The van der Waals surface area contributed by atoms with Crippen LogP contribution in [0.1, 0.15) is 19.5 Å². The summed E-state index contributed by atoms with van der Waals surface area (Å²) in [6.07, 6.45) is 1.45. The molecule has 0 fully saturated rings. The molecular weight excluding hydrogens is 192 g/mol. The van der Waals surface area contributed by atoms with Gasteiger partial charge in [0.1, 0.15) is 18.2 Å². The highest BCUT2D eigenvalue weighted by Gasteiger charge is 2.19. The van der Waals surface area contributed by atoms with E-state index in [-0.39, 0.29) is 11.8 Å². The topological polar surface area (TPSA) is 80.9 Å². The minimum Gasteiger partial charge on any atom is -0.368 e. The first-order valence-electron chi connectivity index (χ1n) is 4.85. The van der Waals surface area contributed by atoms with Crippen LogP contribution in [0.25, 0.3) is 0 Å². The van der Waals surface area contributed by atoms with Crippen molar-refractivity contribution in [2.24, 2.45) is 11.7 Å². The van der Waals surface area contributed by atoms with Crippen molar-refractivity contribution in [3.8, 4) is 0 Å². The van der Waals surface area contributed by atoms with Gasteiger partial charge in [0.15, 0.2) is 0 Å². The molecule has 0 saturated carbocycles. The van der Waals surface area contributed by atoms with E-state index in [1.807, 2.05) is 20.8 Å². The third-order valence-corrected chi connectivity index (χ3v) is 2.08. The number of aromatic nitrogens is 2. The molecule has 1 rings (SSSR count). The lowest BCUT2D eigenvalue weighted by atomic mass is 10.0. The van der Waals surface area contributed by atoms with Crippen LogP contribution in [0.5, 0.6) is 0 Å². The lowest BCUT2D eigenvalue weighted by Crippen LogP contribution is -2.39. The van der Waals surface area contributed by atoms with Crippen molar-refractivity contribution in [2.45, 2.75) is 26.8 Å². The van der Waals surface area contributed by atoms with Gasteiger partial charge in [0.05, 0.1) is 0 Å². The molecular formula is C10H16N4O. The SMILES string of the molecule is Cc1cc(NC(C(N)=O)C(C)C)ncn1. The summed E-state index contributed by atoms with van der Waals surface area (Å²) in [6.45, 7) is 5.72. The van der Waals surface area contributed by atoms with E-state index in [4.69, 9.17) is 5.73 Å². The van der Waals surface area contributed by atoms with Crippen LogP contribution in [0.2, 0.25) is 0 Å². The number of anilines is 1. The monoisotopic (exact) mass is 208 g/mol. The summed E-state index contributed by atoms with van der Waals surface area (Å²) in [5.74, 6) is 0.374. The molecule has 0 aromatic carbocycles. The molecule has 1 amide bonds. The highest BCUT2D eigenvalue weighted by molar-refractivity contribution is 5.82. The van der Waals surface area contributed by atoms with Gasteiger partial charge in [-0.25, -0.2) is 9.97 Å². The average Bonchev–Trinajstić information content (AvgIpc) is 2.13. The highest BCUT2D eigenvalue weighted by atomic mass is 16.1. The Labute approximate surface area is 89.1 Å². The zero-order valence-corrected chi connectivity index (χ0v) is 9.19. The standard InChI is InChI=1S/C10H16N4O/c1-6(2)9(10(11)15)14-8-4-7(3)12-5-13-8/h4-6,9H,1-3H3,(H2,11,15)(H,12,13,14). The van der Waals surface area contributed by atoms with Crippen LogP contribution < -0.4 is 11.1 Å². The van der Waals surface area contributed by atoms with E-state index in [1.165, 1.54) is 6.33 Å². The van der Waals surface area contributed by atoms with Crippen molar-refractivity contribution in [3.63, 3.8) is 0 Å². The number of amides is 1. The number of nitrogens with zero attached hydrogens (tertiary/aromatic N) is 2. The predicted molar refractivity (Wildman–Crippen MR) is 58.2 cm³/mol. The Bertz CT molecular complexity index is 351. The van der Waals surface area contributed by atoms with Gasteiger partial charge in [-0.05, 0) is 12.8 Å². The number of carbonyl (C=O) groups is 1. The number of nitrogens with two attached hydrogens (primary N) is 1. The molecule has 15 heavy (non-hydrogen) atoms. The molecule has 0 aliphatic rings. The van der Waals surface area contributed by atoms with Gasteiger partial charge in [-0.15, -0.1) is 0 Å². The Hall–Kier alpha value is -1.65. The lowest BCUT2D eigenvalue weighted by Gasteiger charge is -2.19. The van der Waals surface area contributed by atoms with Gasteiger partial charge in [0.25, 0.3) is 0 Å². The number of hydrogen-bond donors (Lipinski definition) is 2. The Kier molecular flexibility index (Phi) is 3.60. The molecule has 0 aliphatic carbocycles. The zero-order chi connectivity index (χ0) is 11.4. The molecule has 5 heteroatoms. The minimum atomic E-state index is -0.403. The molecule has 82 valence electrons. The third-order valence-electron chi connectivity index (χ3n) is 2.08. The Morgan fingerprint density at radius 1 is 1.47 bits per heavy atom. The Morgan fingerprint density at radius 2 is 2.13 bits per heavy atom. The normalized spacial score (nSPS) is 12.5. The van der Waals surface area contributed by atoms with Crippen LogP contribution in [0.4, 0.5) is 5.82 Å². The Balaban J connectivity index is 2.79. The van der Waals surface area contributed by atoms with E-state index in [1.54, 1.807) is 6.07 Å². The van der Waals surface area contributed by atoms with E-state index in [9.17, 15) is 4.79 Å². The molecule has 0 saturated heterocycles. The molecule has 0 aliphatic heterocycles. The second-order valence-electron chi connectivity index (χ2n) is 3.81. The fourth-order valence-corrected chi connectivity index (χ4v) is 1.26. The van der Waals surface area contributed by atoms with Crippen molar-refractivity contribution < 1.29 is 4.79 Å². The van der Waals surface area contributed by atoms with Gasteiger partial charge in [-0.3, -0.25) is 4.79 Å². The molecule has 1 unspecified atom stereocenters. The predicted octanol–water partition coefficient (Wildman–Crippen LogP) is 0.707. The molecule has 1 heterocycles. The highest BCUT2D eigenvalue weighted by Crippen LogP contribution is 2.10. The van der Waals surface area contributed by atoms with E-state index < -0.39 is 6.04 Å². The molecule has 0 bridgehead atoms. The molecule has 3 N–H and O–H groups in total. The van der Waals surface area contributed by atoms with E-state index >= 15 is 0 Å². The van der Waals surface area contributed by atoms with Crippen molar-refractivity contribution in [1.82, 2.24) is 9.97 Å². The fourth-order valence-electron chi connectivity index (χ4n) is 1.26. The van der Waals surface area contributed by atoms with Crippen LogP contribution in [-0.2, 0) is 4.79 Å². The summed E-state index contributed by atoms with van der Waals surface area (Å²) in [4.78, 5) is 19.1. The number of rotatable bonds is 4. The van der Waals surface area contributed by atoms with Crippen LogP contribution in [0, 0.1) is 12.8 Å². The summed E-state index contributed by atoms with van der Waals surface area (Å²) in [7, 11) is 0. The smallest absolute Gasteiger partial charge is 0.240 e. The number of nitrogens with one attached hydrogen (secondary N) is 1. The van der Waals surface area contributed by atoms with Crippen LogP contribution in [-0.4, -0.2) is 21.9 Å². The maximum atomic E-state index is 11.1. The van der Waals surface area contributed by atoms with Crippen LogP contribution >= 0.6 is 0 Å². The van der Waals surface area contributed by atoms with E-state index in [0.717, 1.165) is 5.69 Å². The summed E-state index contributed by atoms with van der Waals surface area (Å²) >= 11 is 0. The molecule has 1 aromatic rings. The van der Waals surface area contributed by atoms with Crippen molar-refractivity contribution in [3.05, 3.63) is 18.1 Å². The van der Waals surface area contributed by atoms with E-state index in [0.29, 0.717) is 5.82 Å². The van der Waals surface area contributed by atoms with Crippen molar-refractivity contribution in [2.75, 3.05) is 5.32 Å². The molecule has 1 atom stereocenters. The molecule has 0 spiro atoms. The first-order chi connectivity index (χ1) is 7.00. The minimum absolute atomic E-state index is 0.123. The number of aryl methyl sites for hydroxylation is 1. The van der Waals surface area contributed by atoms with Gasteiger partial charge in [0.2, 0.25) is 5.91 Å². The van der Waals surface area contributed by atoms with Crippen LogP contribution in [0.15, 0.2) is 12.4 Å². The average molecular weight is 208 g/mol. The number of hydrogen-bond acceptors (Lipinski definition) is 4. The third kappa shape index (κ3) is 3.19. The quantitative estimate of drug-likeness (QED) is 0.763. The van der Waals surface area contributed by atoms with Gasteiger partial charge in [0, 0.05) is 11.8 Å². The van der Waals surface area contributed by atoms with Crippen molar-refractivity contribution >= 4 is 11.7 Å².